The number of para-hydroxylation sites is 1. The van der Waals surface area contributed by atoms with E-state index in [1.54, 1.807) is 20.1 Å². The number of ether oxygens (including phenoxy) is 2. The van der Waals surface area contributed by atoms with Crippen LogP contribution in [0.15, 0.2) is 59.2 Å². The van der Waals surface area contributed by atoms with Crippen LogP contribution in [0.4, 0.5) is 0 Å². The summed E-state index contributed by atoms with van der Waals surface area (Å²) in [6.45, 7) is 4.30. The molecule has 0 saturated carbocycles. The minimum Gasteiger partial charge on any atom is -0.491 e. The standard InChI is InChI=1S/C30H38N4O5/c1-23-27(32-39-31-23)21-29(35)34-17-11-4-3-10-16-33(18-19-37-2)30(36)26-14-8-9-15-28(26)38-22-25(34)20-24-12-6-5-7-13-24/h5-9,12-15,25H,3-4,10-11,16-22H2,1-2H3/t25-/m0/s1. The second-order valence-corrected chi connectivity index (χ2v) is 9.91. The Morgan fingerprint density at radius 3 is 2.49 bits per heavy atom. The normalized spacial score (nSPS) is 17.3. The molecule has 2 heterocycles. The van der Waals surface area contributed by atoms with E-state index in [1.165, 1.54) is 0 Å². The summed E-state index contributed by atoms with van der Waals surface area (Å²) in [6, 6.07) is 17.2. The molecular weight excluding hydrogens is 496 g/mol. The minimum atomic E-state index is -0.240. The molecule has 9 heteroatoms. The van der Waals surface area contributed by atoms with E-state index in [-0.39, 0.29) is 30.9 Å². The second kappa shape index (κ2) is 14.4. The highest BCUT2D eigenvalue weighted by Gasteiger charge is 2.28. The Hall–Kier alpha value is -3.72. The lowest BCUT2D eigenvalue weighted by Gasteiger charge is -2.33. The maximum Gasteiger partial charge on any atom is 0.257 e. The fourth-order valence-electron chi connectivity index (χ4n) is 4.89. The first-order valence-corrected chi connectivity index (χ1v) is 13.7. The van der Waals surface area contributed by atoms with Gasteiger partial charge in [0.25, 0.3) is 5.91 Å². The number of fused-ring (bicyclic) bond motifs is 1. The number of aryl methyl sites for hydroxylation is 1. The van der Waals surface area contributed by atoms with Crippen LogP contribution >= 0.6 is 0 Å². The van der Waals surface area contributed by atoms with E-state index in [9.17, 15) is 9.59 Å². The number of methoxy groups -OCH3 is 1. The first-order chi connectivity index (χ1) is 19.1. The Balaban J connectivity index is 1.63. The maximum atomic E-state index is 13.7. The zero-order valence-electron chi connectivity index (χ0n) is 22.9. The fraction of sp³-hybridized carbons (Fsp3) is 0.467. The van der Waals surface area contributed by atoms with Crippen LogP contribution < -0.4 is 4.74 Å². The Morgan fingerprint density at radius 1 is 1.00 bits per heavy atom. The van der Waals surface area contributed by atoms with E-state index in [1.807, 2.05) is 46.2 Å². The Kier molecular flexibility index (Phi) is 10.5. The summed E-state index contributed by atoms with van der Waals surface area (Å²) in [5, 5.41) is 7.77. The van der Waals surface area contributed by atoms with Crippen molar-refractivity contribution >= 4 is 11.8 Å². The van der Waals surface area contributed by atoms with Crippen LogP contribution in [-0.4, -0.2) is 77.9 Å². The Bertz CT molecular complexity index is 1200. The molecule has 0 fully saturated rings. The van der Waals surface area contributed by atoms with Gasteiger partial charge in [0.2, 0.25) is 5.91 Å². The quantitative estimate of drug-likeness (QED) is 0.450. The zero-order valence-corrected chi connectivity index (χ0v) is 22.9. The molecule has 0 aliphatic carbocycles. The average molecular weight is 535 g/mol. The molecule has 208 valence electrons. The van der Waals surface area contributed by atoms with Gasteiger partial charge in [0.1, 0.15) is 23.7 Å². The second-order valence-electron chi connectivity index (χ2n) is 9.91. The topological polar surface area (TPSA) is 98.0 Å². The van der Waals surface area contributed by atoms with Crippen molar-refractivity contribution in [3.05, 3.63) is 77.1 Å². The van der Waals surface area contributed by atoms with Crippen molar-refractivity contribution in [1.82, 2.24) is 20.1 Å². The molecule has 0 saturated heterocycles. The molecule has 1 aliphatic rings. The fourth-order valence-corrected chi connectivity index (χ4v) is 4.89. The number of carbonyl (C=O) groups is 2. The van der Waals surface area contributed by atoms with E-state index < -0.39 is 0 Å². The average Bonchev–Trinajstić information content (AvgIpc) is 3.36. The van der Waals surface area contributed by atoms with Gasteiger partial charge in [-0.2, -0.15) is 0 Å². The number of amides is 2. The first kappa shape index (κ1) is 28.3. The van der Waals surface area contributed by atoms with E-state index in [4.69, 9.17) is 14.1 Å². The molecule has 0 N–H and O–H groups in total. The third-order valence-electron chi connectivity index (χ3n) is 7.12. The highest BCUT2D eigenvalue weighted by Crippen LogP contribution is 2.23. The molecular formula is C30H38N4O5. The first-order valence-electron chi connectivity index (χ1n) is 13.7. The van der Waals surface area contributed by atoms with Crippen molar-refractivity contribution in [2.75, 3.05) is 40.0 Å². The molecule has 39 heavy (non-hydrogen) atoms. The molecule has 3 aromatic rings. The lowest BCUT2D eigenvalue weighted by Crippen LogP contribution is -2.46. The number of hydrogen-bond donors (Lipinski definition) is 0. The summed E-state index contributed by atoms with van der Waals surface area (Å²) in [5.41, 5.74) is 2.79. The van der Waals surface area contributed by atoms with Crippen molar-refractivity contribution in [2.24, 2.45) is 0 Å². The molecule has 1 aromatic heterocycles. The molecule has 0 spiro atoms. The van der Waals surface area contributed by atoms with Gasteiger partial charge in [-0.3, -0.25) is 9.59 Å². The molecule has 2 amide bonds. The number of benzene rings is 2. The summed E-state index contributed by atoms with van der Waals surface area (Å²) >= 11 is 0. The lowest BCUT2D eigenvalue weighted by molar-refractivity contribution is -0.133. The zero-order chi connectivity index (χ0) is 27.5. The van der Waals surface area contributed by atoms with E-state index >= 15 is 0 Å². The van der Waals surface area contributed by atoms with Crippen molar-refractivity contribution in [3.8, 4) is 5.75 Å². The van der Waals surface area contributed by atoms with Gasteiger partial charge in [-0.15, -0.1) is 0 Å². The molecule has 4 rings (SSSR count). The summed E-state index contributed by atoms with van der Waals surface area (Å²) in [6.07, 6.45) is 4.39. The molecule has 2 aromatic carbocycles. The summed E-state index contributed by atoms with van der Waals surface area (Å²) < 4.78 is 16.5. The molecule has 1 aliphatic heterocycles. The van der Waals surface area contributed by atoms with Crippen LogP contribution in [0.1, 0.15) is 53.0 Å². The summed E-state index contributed by atoms with van der Waals surface area (Å²) in [5.74, 6) is 0.408. The van der Waals surface area contributed by atoms with Gasteiger partial charge in [-0.25, -0.2) is 4.63 Å². The molecule has 1 atom stereocenters. The minimum absolute atomic E-state index is 0.0412. The SMILES string of the molecule is COCCN1CCCCCCN(C(=O)Cc2nonc2C)[C@@H](Cc2ccccc2)COc2ccccc2C1=O. The van der Waals surface area contributed by atoms with E-state index in [0.717, 1.165) is 31.2 Å². The van der Waals surface area contributed by atoms with Gasteiger partial charge in [-0.05, 0) is 43.9 Å². The largest absolute Gasteiger partial charge is 0.491 e. The number of nitrogens with zero attached hydrogens (tertiary/aromatic N) is 4. The maximum absolute atomic E-state index is 13.7. The molecule has 0 bridgehead atoms. The Labute approximate surface area is 230 Å². The Morgan fingerprint density at radius 2 is 1.74 bits per heavy atom. The monoisotopic (exact) mass is 534 g/mol. The number of rotatable bonds is 7. The van der Waals surface area contributed by atoms with Crippen LogP contribution in [0, 0.1) is 6.92 Å². The van der Waals surface area contributed by atoms with Crippen LogP contribution in [0.25, 0.3) is 0 Å². The third-order valence-corrected chi connectivity index (χ3v) is 7.12. The van der Waals surface area contributed by atoms with E-state index in [0.29, 0.717) is 55.4 Å². The summed E-state index contributed by atoms with van der Waals surface area (Å²) in [7, 11) is 1.64. The van der Waals surface area contributed by atoms with Gasteiger partial charge in [0.05, 0.1) is 24.6 Å². The highest BCUT2D eigenvalue weighted by molar-refractivity contribution is 5.97. The van der Waals surface area contributed by atoms with Crippen molar-refractivity contribution < 1.29 is 23.7 Å². The smallest absolute Gasteiger partial charge is 0.257 e. The number of hydrogen-bond acceptors (Lipinski definition) is 7. The van der Waals surface area contributed by atoms with Crippen molar-refractivity contribution in [2.45, 2.75) is 51.5 Å². The number of carbonyl (C=O) groups excluding carboxylic acids is 2. The molecule has 0 radical (unpaired) electrons. The van der Waals surface area contributed by atoms with Crippen LogP contribution in [0.2, 0.25) is 0 Å². The molecule has 9 nitrogen and oxygen atoms in total. The molecule has 0 unspecified atom stereocenters. The summed E-state index contributed by atoms with van der Waals surface area (Å²) in [4.78, 5) is 31.0. The van der Waals surface area contributed by atoms with Gasteiger partial charge in [-0.1, -0.05) is 65.6 Å². The van der Waals surface area contributed by atoms with Gasteiger partial charge < -0.3 is 19.3 Å². The van der Waals surface area contributed by atoms with Crippen LogP contribution in [0.5, 0.6) is 5.75 Å². The van der Waals surface area contributed by atoms with Gasteiger partial charge >= 0.3 is 0 Å². The van der Waals surface area contributed by atoms with Gasteiger partial charge in [0, 0.05) is 26.7 Å². The lowest BCUT2D eigenvalue weighted by atomic mass is 10.0. The predicted octanol–water partition coefficient (Wildman–Crippen LogP) is 4.10. The van der Waals surface area contributed by atoms with Crippen molar-refractivity contribution in [3.63, 3.8) is 0 Å². The van der Waals surface area contributed by atoms with Crippen LogP contribution in [-0.2, 0) is 22.4 Å². The predicted molar refractivity (Wildman–Crippen MR) is 147 cm³/mol. The third kappa shape index (κ3) is 7.89. The highest BCUT2D eigenvalue weighted by atomic mass is 16.6. The van der Waals surface area contributed by atoms with Crippen LogP contribution in [0.3, 0.4) is 0 Å². The van der Waals surface area contributed by atoms with E-state index in [2.05, 4.69) is 22.4 Å². The van der Waals surface area contributed by atoms with Gasteiger partial charge in [0.15, 0.2) is 0 Å². The van der Waals surface area contributed by atoms with Crippen molar-refractivity contribution in [1.29, 1.82) is 0 Å². The number of aromatic nitrogens is 2.